The summed E-state index contributed by atoms with van der Waals surface area (Å²) < 4.78 is 0. The predicted molar refractivity (Wildman–Crippen MR) is 22.2 cm³/mol. The molecule has 1 heterocycles. The molecule has 0 aromatic rings. The van der Waals surface area contributed by atoms with Crippen molar-refractivity contribution in [3.05, 3.63) is 0 Å². The van der Waals surface area contributed by atoms with Gasteiger partial charge < -0.3 is 5.32 Å². The quantitative estimate of drug-likeness (QED) is 0.315. The summed E-state index contributed by atoms with van der Waals surface area (Å²) in [5.41, 5.74) is 0. The summed E-state index contributed by atoms with van der Waals surface area (Å²) in [7, 11) is 0. The number of carbonyl (C=O) groups excluding carboxylic acids is 1. The van der Waals surface area contributed by atoms with Gasteiger partial charge in [-0.25, -0.2) is 0 Å². The fourth-order valence-electron chi connectivity index (χ4n) is 0.565. The van der Waals surface area contributed by atoms with Crippen molar-refractivity contribution in [2.24, 2.45) is 0 Å². The van der Waals surface area contributed by atoms with Crippen LogP contribution in [0.5, 0.6) is 0 Å². The molecule has 2 nitrogen and oxygen atoms in total. The molecule has 0 saturated carbocycles. The first-order valence-electron chi connectivity index (χ1n) is 2.16. The Morgan fingerprint density at radius 1 is 1.57 bits per heavy atom. The van der Waals surface area contributed by atoms with Gasteiger partial charge in [0.25, 0.3) is 0 Å². The van der Waals surface area contributed by atoms with Gasteiger partial charge in [0, 0.05) is 13.0 Å². The smallest absolute Gasteiger partial charge is 0.356 e. The molecule has 1 rings (SSSR count). The zero-order valence-corrected chi connectivity index (χ0v) is 4.53. The molecule has 0 atom stereocenters. The molecule has 0 aliphatic carbocycles. The van der Waals surface area contributed by atoms with Gasteiger partial charge in [-0.05, 0) is 6.42 Å². The molecule has 1 amide bonds. The fraction of sp³-hybridized carbons (Fsp3) is 0.750. The number of carbonyl (C=O) groups is 1. The van der Waals surface area contributed by atoms with Gasteiger partial charge in [0.2, 0.25) is 5.91 Å². The first-order chi connectivity index (χ1) is 2.89. The van der Waals surface area contributed by atoms with Crippen molar-refractivity contribution in [2.75, 3.05) is 6.54 Å². The molecule has 1 aliphatic heterocycles. The molecule has 0 unspecified atom stereocenters. The Labute approximate surface area is 54.8 Å². The van der Waals surface area contributed by atoms with Crippen molar-refractivity contribution in [3.8, 4) is 0 Å². The Balaban J connectivity index is 0.000000360. The second kappa shape index (κ2) is 3.12. The van der Waals surface area contributed by atoms with Crippen molar-refractivity contribution in [1.82, 2.24) is 5.32 Å². The predicted octanol–water partition coefficient (Wildman–Crippen LogP) is -3.10. The molecule has 0 radical (unpaired) electrons. The molecule has 0 spiro atoms. The second-order valence-corrected chi connectivity index (χ2v) is 1.45. The van der Waals surface area contributed by atoms with Crippen LogP contribution in [0.4, 0.5) is 0 Å². The van der Waals surface area contributed by atoms with Crippen LogP contribution in [0.25, 0.3) is 0 Å². The number of amides is 1. The van der Waals surface area contributed by atoms with Crippen molar-refractivity contribution in [1.29, 1.82) is 0 Å². The molecule has 1 saturated heterocycles. The van der Waals surface area contributed by atoms with Crippen LogP contribution in [0.1, 0.15) is 12.8 Å². The standard InChI is InChI=1S/C4H7NO.Li/c6-4-2-1-3-5-4;/h1-3H2,(H,5,6);/q;+1. The van der Waals surface area contributed by atoms with E-state index >= 15 is 0 Å². The average Bonchev–Trinajstić information content (AvgIpc) is 1.86. The Kier molecular flexibility index (Phi) is 3.15. The van der Waals surface area contributed by atoms with E-state index in [2.05, 4.69) is 5.32 Å². The minimum Gasteiger partial charge on any atom is -0.356 e. The first kappa shape index (κ1) is 7.07. The van der Waals surface area contributed by atoms with Gasteiger partial charge >= 0.3 is 18.9 Å². The van der Waals surface area contributed by atoms with E-state index < -0.39 is 0 Å². The number of hydrogen-bond acceptors (Lipinski definition) is 1. The van der Waals surface area contributed by atoms with Gasteiger partial charge in [0.1, 0.15) is 0 Å². The fourth-order valence-corrected chi connectivity index (χ4v) is 0.565. The summed E-state index contributed by atoms with van der Waals surface area (Å²) in [4.78, 5) is 10.1. The van der Waals surface area contributed by atoms with E-state index in [9.17, 15) is 4.79 Å². The third-order valence-corrected chi connectivity index (χ3v) is 0.903. The molecule has 7 heavy (non-hydrogen) atoms. The minimum atomic E-state index is 0. The van der Waals surface area contributed by atoms with E-state index in [-0.39, 0.29) is 24.8 Å². The van der Waals surface area contributed by atoms with E-state index in [1.54, 1.807) is 0 Å². The summed E-state index contributed by atoms with van der Waals surface area (Å²) >= 11 is 0. The summed E-state index contributed by atoms with van der Waals surface area (Å²) in [6.07, 6.45) is 1.76. The van der Waals surface area contributed by atoms with Crippen molar-refractivity contribution in [2.45, 2.75) is 12.8 Å². The third kappa shape index (κ3) is 2.01. The summed E-state index contributed by atoms with van der Waals surface area (Å²) in [5, 5.41) is 2.68. The molecule has 0 bridgehead atoms. The van der Waals surface area contributed by atoms with E-state index in [0.717, 1.165) is 19.4 Å². The van der Waals surface area contributed by atoms with Crippen LogP contribution >= 0.6 is 0 Å². The number of hydrogen-bond donors (Lipinski definition) is 1. The van der Waals surface area contributed by atoms with Crippen LogP contribution in [0.15, 0.2) is 0 Å². The van der Waals surface area contributed by atoms with Crippen molar-refractivity contribution >= 4 is 5.91 Å². The SMILES string of the molecule is O=C1CCCN1.[Li+]. The van der Waals surface area contributed by atoms with Crippen LogP contribution in [-0.4, -0.2) is 12.5 Å². The van der Waals surface area contributed by atoms with Crippen LogP contribution in [0.2, 0.25) is 0 Å². The second-order valence-electron chi connectivity index (χ2n) is 1.45. The summed E-state index contributed by atoms with van der Waals surface area (Å²) in [5.74, 6) is 0.204. The zero-order valence-electron chi connectivity index (χ0n) is 4.53. The molecule has 34 valence electrons. The maximum Gasteiger partial charge on any atom is 1.00 e. The van der Waals surface area contributed by atoms with E-state index in [0.29, 0.717) is 0 Å². The summed E-state index contributed by atoms with van der Waals surface area (Å²) in [6.45, 7) is 0.888. The topological polar surface area (TPSA) is 29.1 Å². The van der Waals surface area contributed by atoms with Gasteiger partial charge in [-0.1, -0.05) is 0 Å². The first-order valence-corrected chi connectivity index (χ1v) is 2.16. The van der Waals surface area contributed by atoms with Crippen LogP contribution < -0.4 is 24.2 Å². The molecule has 0 aromatic heterocycles. The Morgan fingerprint density at radius 2 is 2.29 bits per heavy atom. The van der Waals surface area contributed by atoms with Gasteiger partial charge in [-0.3, -0.25) is 4.79 Å². The van der Waals surface area contributed by atoms with Crippen LogP contribution in [-0.2, 0) is 4.79 Å². The Hall–Kier alpha value is 0.0674. The summed E-state index contributed by atoms with van der Waals surface area (Å²) in [6, 6.07) is 0. The van der Waals surface area contributed by atoms with Crippen molar-refractivity contribution < 1.29 is 23.7 Å². The molecule has 1 fully saturated rings. The zero-order chi connectivity index (χ0) is 4.41. The van der Waals surface area contributed by atoms with Crippen LogP contribution in [0.3, 0.4) is 0 Å². The molecule has 1 N–H and O–H groups in total. The Morgan fingerprint density at radius 3 is 2.43 bits per heavy atom. The monoisotopic (exact) mass is 92.1 g/mol. The normalized spacial score (nSPS) is 18.0. The van der Waals surface area contributed by atoms with Crippen LogP contribution in [0, 0.1) is 0 Å². The van der Waals surface area contributed by atoms with Gasteiger partial charge in [0.05, 0.1) is 0 Å². The minimum absolute atomic E-state index is 0. The molecular weight excluding hydrogens is 85.0 g/mol. The Bertz CT molecular complexity index is 66.1. The largest absolute Gasteiger partial charge is 1.00 e. The van der Waals surface area contributed by atoms with E-state index in [4.69, 9.17) is 0 Å². The van der Waals surface area contributed by atoms with Gasteiger partial charge in [-0.15, -0.1) is 0 Å². The number of rotatable bonds is 0. The van der Waals surface area contributed by atoms with E-state index in [1.165, 1.54) is 0 Å². The molecular formula is C4H7LiNO+. The van der Waals surface area contributed by atoms with Gasteiger partial charge in [-0.2, -0.15) is 0 Å². The van der Waals surface area contributed by atoms with E-state index in [1.807, 2.05) is 0 Å². The number of nitrogens with one attached hydrogen (secondary N) is 1. The maximum absolute atomic E-state index is 10.1. The molecule has 0 aromatic carbocycles. The molecule has 1 aliphatic rings. The maximum atomic E-state index is 10.1. The van der Waals surface area contributed by atoms with Gasteiger partial charge in [0.15, 0.2) is 0 Å². The van der Waals surface area contributed by atoms with Crippen molar-refractivity contribution in [3.63, 3.8) is 0 Å². The average molecular weight is 92.0 g/mol. The third-order valence-electron chi connectivity index (χ3n) is 0.903. The molecule has 3 heteroatoms.